The van der Waals surface area contributed by atoms with E-state index in [1.54, 1.807) is 36.5 Å². The fourth-order valence-electron chi connectivity index (χ4n) is 3.11. The third kappa shape index (κ3) is 4.27. The average molecular weight is 502 g/mol. The maximum Gasteiger partial charge on any atom is 0.227 e. The molecule has 5 aromatic rings. The van der Waals surface area contributed by atoms with Gasteiger partial charge in [0, 0.05) is 11.1 Å². The smallest absolute Gasteiger partial charge is 0.227 e. The Bertz CT molecular complexity index is 1490. The Balaban J connectivity index is 1.39. The van der Waals surface area contributed by atoms with Gasteiger partial charge in [-0.25, -0.2) is 4.98 Å². The molecule has 5 rings (SSSR count). The van der Waals surface area contributed by atoms with Crippen molar-refractivity contribution in [2.45, 2.75) is 0 Å². The van der Waals surface area contributed by atoms with Gasteiger partial charge in [0.15, 0.2) is 5.58 Å². The quantitative estimate of drug-likeness (QED) is 0.230. The van der Waals surface area contributed by atoms with Crippen molar-refractivity contribution < 1.29 is 8.83 Å². The Kier molecular flexibility index (Phi) is 5.70. The van der Waals surface area contributed by atoms with E-state index in [0.29, 0.717) is 54.3 Å². The second-order valence-electron chi connectivity index (χ2n) is 6.89. The largest absolute Gasteiger partial charge is 0.455 e. The van der Waals surface area contributed by atoms with E-state index >= 15 is 0 Å². The van der Waals surface area contributed by atoms with Crippen molar-refractivity contribution in [1.82, 2.24) is 4.98 Å². The van der Waals surface area contributed by atoms with E-state index < -0.39 is 0 Å². The number of aliphatic imine (C=N–C) groups is 1. The Hall–Kier alpha value is -2.76. The summed E-state index contributed by atoms with van der Waals surface area (Å²) in [7, 11) is 0. The third-order valence-electron chi connectivity index (χ3n) is 4.71. The van der Waals surface area contributed by atoms with Gasteiger partial charge in [0.1, 0.15) is 17.0 Å². The Morgan fingerprint density at radius 1 is 0.688 bits per heavy atom. The van der Waals surface area contributed by atoms with Gasteiger partial charge in [-0.05, 0) is 66.7 Å². The molecule has 0 amide bonds. The molecule has 0 spiro atoms. The first-order valence-corrected chi connectivity index (χ1v) is 10.9. The van der Waals surface area contributed by atoms with Gasteiger partial charge in [-0.1, -0.05) is 46.4 Å². The number of benzene rings is 3. The van der Waals surface area contributed by atoms with Crippen LogP contribution in [0.15, 0.2) is 80.6 Å². The topological polar surface area (TPSA) is 51.5 Å². The van der Waals surface area contributed by atoms with Gasteiger partial charge >= 0.3 is 0 Å². The number of oxazole rings is 1. The van der Waals surface area contributed by atoms with Crippen LogP contribution < -0.4 is 0 Å². The zero-order valence-corrected chi connectivity index (χ0v) is 19.2. The molecule has 0 aliphatic carbocycles. The van der Waals surface area contributed by atoms with Gasteiger partial charge in [-0.3, -0.25) is 4.99 Å². The fourth-order valence-corrected chi connectivity index (χ4v) is 3.71. The van der Waals surface area contributed by atoms with Crippen molar-refractivity contribution in [1.29, 1.82) is 0 Å². The van der Waals surface area contributed by atoms with Crippen LogP contribution in [0, 0.1) is 0 Å². The number of aromatic nitrogens is 1. The van der Waals surface area contributed by atoms with E-state index in [0.717, 1.165) is 11.1 Å². The second kappa shape index (κ2) is 8.64. The van der Waals surface area contributed by atoms with Crippen molar-refractivity contribution in [2.24, 2.45) is 4.99 Å². The van der Waals surface area contributed by atoms with Crippen LogP contribution in [-0.4, -0.2) is 11.2 Å². The van der Waals surface area contributed by atoms with Crippen LogP contribution in [0.4, 0.5) is 5.69 Å². The minimum absolute atomic E-state index is 0.440. The predicted molar refractivity (Wildman–Crippen MR) is 131 cm³/mol. The number of hydrogen-bond donors (Lipinski definition) is 0. The van der Waals surface area contributed by atoms with Crippen molar-refractivity contribution in [3.8, 4) is 22.8 Å². The number of nitrogens with zero attached hydrogens (tertiary/aromatic N) is 2. The molecule has 158 valence electrons. The summed E-state index contributed by atoms with van der Waals surface area (Å²) in [5.74, 6) is 1.73. The van der Waals surface area contributed by atoms with Crippen LogP contribution in [0.1, 0.15) is 5.76 Å². The lowest BCUT2D eigenvalue weighted by atomic mass is 10.2. The number of hydrogen-bond acceptors (Lipinski definition) is 4. The van der Waals surface area contributed by atoms with Gasteiger partial charge in [0.2, 0.25) is 5.89 Å². The lowest BCUT2D eigenvalue weighted by molar-refractivity contribution is 0.575. The van der Waals surface area contributed by atoms with Gasteiger partial charge < -0.3 is 8.83 Å². The maximum atomic E-state index is 6.10. The van der Waals surface area contributed by atoms with E-state index in [2.05, 4.69) is 9.98 Å². The van der Waals surface area contributed by atoms with Crippen molar-refractivity contribution in [3.05, 3.63) is 92.6 Å². The summed E-state index contributed by atoms with van der Waals surface area (Å²) in [6.07, 6.45) is 1.64. The zero-order chi connectivity index (χ0) is 22.2. The molecule has 2 aromatic heterocycles. The molecule has 8 heteroatoms. The first-order valence-electron chi connectivity index (χ1n) is 9.41. The summed E-state index contributed by atoms with van der Waals surface area (Å²) in [5.41, 5.74) is 3.60. The van der Waals surface area contributed by atoms with Crippen LogP contribution in [0.2, 0.25) is 20.1 Å². The Morgan fingerprint density at radius 2 is 1.41 bits per heavy atom. The molecule has 4 nitrogen and oxygen atoms in total. The summed E-state index contributed by atoms with van der Waals surface area (Å²) in [4.78, 5) is 9.03. The molecule has 2 heterocycles. The molecule has 0 N–H and O–H groups in total. The number of rotatable bonds is 4. The summed E-state index contributed by atoms with van der Waals surface area (Å²) in [6.45, 7) is 0. The highest BCUT2D eigenvalue weighted by Gasteiger charge is 2.11. The summed E-state index contributed by atoms with van der Waals surface area (Å²) in [6, 6.07) is 19.7. The summed E-state index contributed by atoms with van der Waals surface area (Å²) >= 11 is 24.1. The minimum Gasteiger partial charge on any atom is -0.455 e. The standard InChI is InChI=1S/C24H12Cl4N2O2/c25-17-5-1-13(9-19(17)27)22-8-4-16(31-22)12-29-15-3-7-23-21(11-15)30-24(32-23)14-2-6-18(26)20(28)10-14/h1-12H. The SMILES string of the molecule is Clc1ccc(-c2ccc(C=Nc3ccc4oc(-c5ccc(Cl)c(Cl)c5)nc4c3)o2)cc1Cl. The molecule has 32 heavy (non-hydrogen) atoms. The molecule has 3 aromatic carbocycles. The first-order chi connectivity index (χ1) is 15.5. The maximum absolute atomic E-state index is 6.10. The summed E-state index contributed by atoms with van der Waals surface area (Å²) in [5, 5.41) is 1.88. The molecular weight excluding hydrogens is 490 g/mol. The average Bonchev–Trinajstić information content (AvgIpc) is 3.43. The fraction of sp³-hybridized carbons (Fsp3) is 0. The van der Waals surface area contributed by atoms with Gasteiger partial charge in [-0.15, -0.1) is 0 Å². The van der Waals surface area contributed by atoms with E-state index in [1.165, 1.54) is 0 Å². The van der Waals surface area contributed by atoms with E-state index in [9.17, 15) is 0 Å². The zero-order valence-electron chi connectivity index (χ0n) is 16.2. The van der Waals surface area contributed by atoms with Crippen molar-refractivity contribution in [3.63, 3.8) is 0 Å². The molecule has 0 unspecified atom stereocenters. The molecular formula is C24H12Cl4N2O2. The number of furan rings is 1. The Morgan fingerprint density at radius 3 is 2.16 bits per heavy atom. The van der Waals surface area contributed by atoms with E-state index in [1.807, 2.05) is 36.4 Å². The number of fused-ring (bicyclic) bond motifs is 1. The third-order valence-corrected chi connectivity index (χ3v) is 6.19. The van der Waals surface area contributed by atoms with E-state index in [-0.39, 0.29) is 0 Å². The second-order valence-corrected chi connectivity index (χ2v) is 8.52. The molecule has 0 atom stereocenters. The van der Waals surface area contributed by atoms with Crippen molar-refractivity contribution >= 4 is 69.4 Å². The summed E-state index contributed by atoms with van der Waals surface area (Å²) < 4.78 is 11.7. The highest BCUT2D eigenvalue weighted by Crippen LogP contribution is 2.32. The molecule has 0 saturated heterocycles. The molecule has 0 bridgehead atoms. The highest BCUT2D eigenvalue weighted by atomic mass is 35.5. The van der Waals surface area contributed by atoms with Gasteiger partial charge in [0.25, 0.3) is 0 Å². The molecule has 0 aliphatic heterocycles. The van der Waals surface area contributed by atoms with Crippen LogP contribution >= 0.6 is 46.4 Å². The Labute approximate surface area is 203 Å². The van der Waals surface area contributed by atoms with Crippen LogP contribution in [-0.2, 0) is 0 Å². The lowest BCUT2D eigenvalue weighted by Gasteiger charge is -1.99. The molecule has 0 radical (unpaired) electrons. The highest BCUT2D eigenvalue weighted by molar-refractivity contribution is 6.42. The molecule has 0 saturated carbocycles. The predicted octanol–water partition coefficient (Wildman–Crippen LogP) is 9.12. The molecule has 0 aliphatic rings. The van der Waals surface area contributed by atoms with Gasteiger partial charge in [-0.2, -0.15) is 0 Å². The first kappa shape index (κ1) is 21.1. The lowest BCUT2D eigenvalue weighted by Crippen LogP contribution is -1.78. The van der Waals surface area contributed by atoms with Crippen LogP contribution in [0.25, 0.3) is 33.9 Å². The van der Waals surface area contributed by atoms with E-state index in [4.69, 9.17) is 55.2 Å². The number of halogens is 4. The van der Waals surface area contributed by atoms with Crippen LogP contribution in [0.3, 0.4) is 0 Å². The minimum atomic E-state index is 0.440. The normalized spacial score (nSPS) is 11.6. The van der Waals surface area contributed by atoms with Crippen LogP contribution in [0.5, 0.6) is 0 Å². The monoisotopic (exact) mass is 500 g/mol. The van der Waals surface area contributed by atoms with Gasteiger partial charge in [0.05, 0.1) is 32.0 Å². The van der Waals surface area contributed by atoms with Crippen molar-refractivity contribution in [2.75, 3.05) is 0 Å². The molecule has 0 fully saturated rings.